The summed E-state index contributed by atoms with van der Waals surface area (Å²) in [5.41, 5.74) is 4.95. The van der Waals surface area contributed by atoms with Gasteiger partial charge in [0.2, 0.25) is 0 Å². The summed E-state index contributed by atoms with van der Waals surface area (Å²) in [6.45, 7) is 11.9. The highest BCUT2D eigenvalue weighted by atomic mass is 16.3. The van der Waals surface area contributed by atoms with Gasteiger partial charge in [0.05, 0.1) is 11.7 Å². The molecule has 3 fully saturated rings. The highest BCUT2D eigenvalue weighted by Crippen LogP contribution is 2.68. The smallest absolute Gasteiger partial charge is 0.0659 e. The Labute approximate surface area is 209 Å². The van der Waals surface area contributed by atoms with Crippen LogP contribution in [-0.2, 0) is 0 Å². The van der Waals surface area contributed by atoms with Crippen molar-refractivity contribution < 1.29 is 10.2 Å². The zero-order valence-corrected chi connectivity index (χ0v) is 22.8. The van der Waals surface area contributed by atoms with E-state index >= 15 is 0 Å². The van der Waals surface area contributed by atoms with Crippen molar-refractivity contribution in [3.63, 3.8) is 0 Å². The van der Waals surface area contributed by atoms with Gasteiger partial charge in [-0.15, -0.1) is 0 Å². The third-order valence-corrected chi connectivity index (χ3v) is 11.7. The van der Waals surface area contributed by atoms with E-state index in [0.29, 0.717) is 17.8 Å². The molecule has 5 aliphatic carbocycles. The fourth-order valence-corrected chi connectivity index (χ4v) is 9.66. The largest absolute Gasteiger partial charge is 0.393 e. The van der Waals surface area contributed by atoms with Crippen molar-refractivity contribution in [2.45, 2.75) is 136 Å². The Morgan fingerprint density at radius 3 is 2.44 bits per heavy atom. The number of fused-ring (bicyclic) bond motifs is 4. The van der Waals surface area contributed by atoms with Crippen LogP contribution in [0.1, 0.15) is 125 Å². The Kier molecular flexibility index (Phi) is 6.67. The van der Waals surface area contributed by atoms with Gasteiger partial charge in [0.25, 0.3) is 0 Å². The van der Waals surface area contributed by atoms with Crippen molar-refractivity contribution >= 4 is 0 Å². The molecule has 3 saturated carbocycles. The third kappa shape index (κ3) is 4.07. The molecule has 2 N–H and O–H groups in total. The summed E-state index contributed by atoms with van der Waals surface area (Å²) in [7, 11) is 0. The summed E-state index contributed by atoms with van der Waals surface area (Å²) >= 11 is 0. The molecular weight excluding hydrogens is 416 g/mol. The number of aliphatic hydroxyl groups is 2. The molecule has 34 heavy (non-hydrogen) atoms. The Bertz CT molecular complexity index is 830. The second-order valence-electron chi connectivity index (χ2n) is 14.3. The number of aliphatic hydroxyl groups excluding tert-OH is 1. The van der Waals surface area contributed by atoms with E-state index in [2.05, 4.69) is 40.7 Å². The van der Waals surface area contributed by atoms with Gasteiger partial charge in [-0.05, 0) is 98.7 Å². The van der Waals surface area contributed by atoms with E-state index in [1.54, 1.807) is 16.7 Å². The van der Waals surface area contributed by atoms with Crippen LogP contribution in [0.15, 0.2) is 22.8 Å². The average Bonchev–Trinajstić information content (AvgIpc) is 3.03. The minimum Gasteiger partial charge on any atom is -0.393 e. The number of allylic oxidation sites excluding steroid dienone is 3. The lowest BCUT2D eigenvalue weighted by Gasteiger charge is -2.54. The van der Waals surface area contributed by atoms with Crippen LogP contribution in [0.3, 0.4) is 0 Å². The standard InChI is InChI=1S/C32H52O2/c1-21(2)9-6-7-16-32(5,34)29-26(22-10-8-11-22)20-28-25-13-12-23-19-24(33)14-17-30(23,3)27(25)15-18-31(28,29)4/h12,21-22,24,26-27,29,33-34H,6-11,13-20H2,1-5H3/t24?,26?,27?,29?,30-,31-,32-/m0/s1. The van der Waals surface area contributed by atoms with Gasteiger partial charge < -0.3 is 10.2 Å². The molecule has 0 amide bonds. The van der Waals surface area contributed by atoms with Crippen LogP contribution in [0.2, 0.25) is 0 Å². The van der Waals surface area contributed by atoms with Crippen LogP contribution in [0.5, 0.6) is 0 Å². The predicted molar refractivity (Wildman–Crippen MR) is 141 cm³/mol. The second kappa shape index (κ2) is 9.05. The molecule has 0 heterocycles. The summed E-state index contributed by atoms with van der Waals surface area (Å²) in [6.07, 6.45) is 19.1. The summed E-state index contributed by atoms with van der Waals surface area (Å²) in [5, 5.41) is 22.5. The number of hydrogen-bond donors (Lipinski definition) is 2. The molecular formula is C32H52O2. The molecule has 0 spiro atoms. The lowest BCUT2D eigenvalue weighted by Crippen LogP contribution is -2.49. The van der Waals surface area contributed by atoms with Gasteiger partial charge in [0.1, 0.15) is 0 Å². The lowest BCUT2D eigenvalue weighted by molar-refractivity contribution is -0.0865. The first kappa shape index (κ1) is 25.1. The molecule has 4 unspecified atom stereocenters. The Morgan fingerprint density at radius 1 is 1.03 bits per heavy atom. The molecule has 0 bridgehead atoms. The monoisotopic (exact) mass is 468 g/mol. The van der Waals surface area contributed by atoms with E-state index < -0.39 is 5.60 Å². The maximum atomic E-state index is 12.1. The van der Waals surface area contributed by atoms with Gasteiger partial charge in [-0.2, -0.15) is 0 Å². The van der Waals surface area contributed by atoms with Crippen LogP contribution in [0, 0.1) is 40.4 Å². The Balaban J connectivity index is 1.47. The minimum absolute atomic E-state index is 0.132. The molecule has 2 nitrogen and oxygen atoms in total. The molecule has 0 aromatic rings. The molecule has 0 radical (unpaired) electrons. The molecule has 2 heteroatoms. The molecule has 5 rings (SSSR count). The summed E-state index contributed by atoms with van der Waals surface area (Å²) < 4.78 is 0. The predicted octanol–water partition coefficient (Wildman–Crippen LogP) is 7.98. The fourth-order valence-electron chi connectivity index (χ4n) is 9.66. The fraction of sp³-hybridized carbons (Fsp3) is 0.875. The van der Waals surface area contributed by atoms with Gasteiger partial charge in [0, 0.05) is 0 Å². The van der Waals surface area contributed by atoms with E-state index in [-0.39, 0.29) is 16.9 Å². The highest BCUT2D eigenvalue weighted by molar-refractivity contribution is 5.41. The zero-order valence-electron chi connectivity index (χ0n) is 22.8. The van der Waals surface area contributed by atoms with Crippen molar-refractivity contribution in [1.29, 1.82) is 0 Å². The minimum atomic E-state index is -0.560. The molecule has 0 aromatic carbocycles. The van der Waals surface area contributed by atoms with Gasteiger partial charge in [0.15, 0.2) is 0 Å². The van der Waals surface area contributed by atoms with Crippen LogP contribution in [0.25, 0.3) is 0 Å². The normalized spacial score (nSPS) is 41.9. The molecule has 7 atom stereocenters. The molecule has 0 saturated heterocycles. The average molecular weight is 469 g/mol. The Hall–Kier alpha value is -0.600. The van der Waals surface area contributed by atoms with E-state index in [1.807, 2.05) is 0 Å². The SMILES string of the molecule is CC(C)CCCC[C@](C)(O)C1C(C2CCC2)CC2=C3CC=C4CC(O)CC[C@]4(C)C3CC[C@@]21C. The molecule has 192 valence electrons. The second-order valence-corrected chi connectivity index (χ2v) is 14.3. The van der Waals surface area contributed by atoms with E-state index in [0.717, 1.165) is 50.4 Å². The van der Waals surface area contributed by atoms with E-state index in [9.17, 15) is 10.2 Å². The van der Waals surface area contributed by atoms with Crippen molar-refractivity contribution in [3.8, 4) is 0 Å². The van der Waals surface area contributed by atoms with E-state index in [1.165, 1.54) is 51.4 Å². The topological polar surface area (TPSA) is 40.5 Å². The van der Waals surface area contributed by atoms with Gasteiger partial charge in [-0.3, -0.25) is 0 Å². The lowest BCUT2D eigenvalue weighted by atomic mass is 9.51. The van der Waals surface area contributed by atoms with Crippen molar-refractivity contribution in [3.05, 3.63) is 22.8 Å². The first-order valence-corrected chi connectivity index (χ1v) is 14.9. The number of rotatable bonds is 7. The van der Waals surface area contributed by atoms with Crippen molar-refractivity contribution in [1.82, 2.24) is 0 Å². The van der Waals surface area contributed by atoms with Gasteiger partial charge >= 0.3 is 0 Å². The van der Waals surface area contributed by atoms with Crippen LogP contribution >= 0.6 is 0 Å². The molecule has 0 aliphatic heterocycles. The van der Waals surface area contributed by atoms with Crippen LogP contribution in [-0.4, -0.2) is 21.9 Å². The zero-order chi connectivity index (χ0) is 24.3. The molecule has 0 aromatic heterocycles. The van der Waals surface area contributed by atoms with Gasteiger partial charge in [-0.25, -0.2) is 0 Å². The number of hydrogen-bond acceptors (Lipinski definition) is 2. The first-order valence-electron chi connectivity index (χ1n) is 14.9. The highest BCUT2D eigenvalue weighted by Gasteiger charge is 2.61. The van der Waals surface area contributed by atoms with Gasteiger partial charge in [-0.1, -0.05) is 89.0 Å². The Morgan fingerprint density at radius 2 is 1.76 bits per heavy atom. The van der Waals surface area contributed by atoms with Crippen molar-refractivity contribution in [2.75, 3.05) is 0 Å². The quantitative estimate of drug-likeness (QED) is 0.294. The number of unbranched alkanes of at least 4 members (excludes halogenated alkanes) is 1. The first-order chi connectivity index (χ1) is 16.1. The van der Waals surface area contributed by atoms with Crippen LogP contribution < -0.4 is 0 Å². The maximum absolute atomic E-state index is 12.1. The summed E-state index contributed by atoms with van der Waals surface area (Å²) in [6, 6.07) is 0. The van der Waals surface area contributed by atoms with Crippen molar-refractivity contribution in [2.24, 2.45) is 40.4 Å². The maximum Gasteiger partial charge on any atom is 0.0659 e. The summed E-state index contributed by atoms with van der Waals surface area (Å²) in [5.74, 6) is 3.34. The van der Waals surface area contributed by atoms with E-state index in [4.69, 9.17) is 0 Å². The van der Waals surface area contributed by atoms with Crippen LogP contribution in [0.4, 0.5) is 0 Å². The molecule has 5 aliphatic rings. The third-order valence-electron chi connectivity index (χ3n) is 11.7. The summed E-state index contributed by atoms with van der Waals surface area (Å²) in [4.78, 5) is 0.